The van der Waals surface area contributed by atoms with E-state index in [-0.39, 0.29) is 17.4 Å². The Kier molecular flexibility index (Phi) is 5.41. The van der Waals surface area contributed by atoms with Gasteiger partial charge in [0.25, 0.3) is 5.91 Å². The summed E-state index contributed by atoms with van der Waals surface area (Å²) in [6.07, 6.45) is 3.80. The average molecular weight is 355 g/mol. The number of carbonyl (C=O) groups excluding carboxylic acids is 1. The largest absolute Gasteiger partial charge is 0.343 e. The Morgan fingerprint density at radius 1 is 1.27 bits per heavy atom. The fourth-order valence-corrected chi connectivity index (χ4v) is 3.51. The second-order valence-electron chi connectivity index (χ2n) is 8.19. The normalized spacial score (nSPS) is 17.1. The number of benzene rings is 1. The van der Waals surface area contributed by atoms with Crippen molar-refractivity contribution in [2.45, 2.75) is 52.6 Å². The van der Waals surface area contributed by atoms with Crippen molar-refractivity contribution in [3.05, 3.63) is 47.3 Å². The van der Waals surface area contributed by atoms with Gasteiger partial charge in [0.1, 0.15) is 0 Å². The molecule has 3 rings (SSSR count). The van der Waals surface area contributed by atoms with Gasteiger partial charge in [-0.1, -0.05) is 50.3 Å². The summed E-state index contributed by atoms with van der Waals surface area (Å²) in [6.45, 7) is 10.4. The van der Waals surface area contributed by atoms with E-state index in [9.17, 15) is 4.79 Å². The molecule has 26 heavy (non-hydrogen) atoms. The van der Waals surface area contributed by atoms with Crippen molar-refractivity contribution < 1.29 is 4.79 Å². The summed E-state index contributed by atoms with van der Waals surface area (Å²) >= 11 is 0. The molecular weight excluding hydrogens is 326 g/mol. The average Bonchev–Trinajstić information content (AvgIpc) is 3.10. The lowest BCUT2D eigenvalue weighted by Crippen LogP contribution is -2.37. The standard InChI is InChI=1S/C20H29N5O/c1-14-7-5-6-8-16(14)18(20(2,3)4)22-19(26)17-13-25(24-23-17)15-9-11-21-12-10-15/h5-8,13,15,18,21H,9-12H2,1-4H3,(H,22,26). The van der Waals surface area contributed by atoms with Crippen molar-refractivity contribution in [3.63, 3.8) is 0 Å². The highest BCUT2D eigenvalue weighted by Crippen LogP contribution is 2.34. The maximum absolute atomic E-state index is 12.8. The van der Waals surface area contributed by atoms with Crippen LogP contribution in [0.3, 0.4) is 0 Å². The first-order chi connectivity index (χ1) is 12.4. The third-order valence-electron chi connectivity index (χ3n) is 5.07. The van der Waals surface area contributed by atoms with Gasteiger partial charge in [-0.2, -0.15) is 0 Å². The highest BCUT2D eigenvalue weighted by molar-refractivity contribution is 5.92. The Labute approximate surface area is 155 Å². The quantitative estimate of drug-likeness (QED) is 0.884. The van der Waals surface area contributed by atoms with Gasteiger partial charge in [0.2, 0.25) is 0 Å². The Balaban J connectivity index is 1.78. The number of piperidine rings is 1. The third-order valence-corrected chi connectivity index (χ3v) is 5.07. The van der Waals surface area contributed by atoms with E-state index in [1.54, 1.807) is 6.20 Å². The number of nitrogens with zero attached hydrogens (tertiary/aromatic N) is 3. The Morgan fingerprint density at radius 2 is 1.96 bits per heavy atom. The topological polar surface area (TPSA) is 71.8 Å². The monoisotopic (exact) mass is 355 g/mol. The molecular formula is C20H29N5O. The van der Waals surface area contributed by atoms with Gasteiger partial charge in [0, 0.05) is 0 Å². The fourth-order valence-electron chi connectivity index (χ4n) is 3.51. The number of rotatable bonds is 4. The summed E-state index contributed by atoms with van der Waals surface area (Å²) in [5, 5.41) is 14.8. The van der Waals surface area contributed by atoms with Gasteiger partial charge in [-0.05, 0) is 49.4 Å². The number of amides is 1. The van der Waals surface area contributed by atoms with E-state index in [0.717, 1.165) is 31.5 Å². The molecule has 1 aliphatic heterocycles. The lowest BCUT2D eigenvalue weighted by atomic mass is 9.81. The van der Waals surface area contributed by atoms with E-state index in [1.807, 2.05) is 16.8 Å². The van der Waals surface area contributed by atoms with Crippen molar-refractivity contribution in [3.8, 4) is 0 Å². The second kappa shape index (κ2) is 7.58. The predicted octanol–water partition coefficient (Wildman–Crippen LogP) is 3.03. The Hall–Kier alpha value is -2.21. The van der Waals surface area contributed by atoms with Crippen LogP contribution in [0.1, 0.15) is 67.3 Å². The molecule has 1 fully saturated rings. The Bertz CT molecular complexity index is 756. The van der Waals surface area contributed by atoms with Gasteiger partial charge >= 0.3 is 0 Å². The molecule has 6 nitrogen and oxygen atoms in total. The van der Waals surface area contributed by atoms with Crippen LogP contribution < -0.4 is 10.6 Å². The van der Waals surface area contributed by atoms with Crippen molar-refractivity contribution in [1.29, 1.82) is 0 Å². The van der Waals surface area contributed by atoms with Gasteiger partial charge in [0.15, 0.2) is 5.69 Å². The number of aromatic nitrogens is 3. The van der Waals surface area contributed by atoms with Crippen LogP contribution in [0.15, 0.2) is 30.5 Å². The van der Waals surface area contributed by atoms with Crippen LogP contribution in [-0.2, 0) is 0 Å². The molecule has 1 aromatic carbocycles. The van der Waals surface area contributed by atoms with Crippen LogP contribution in [0.5, 0.6) is 0 Å². The summed E-state index contributed by atoms with van der Waals surface area (Å²) in [7, 11) is 0. The first-order valence-electron chi connectivity index (χ1n) is 9.35. The van der Waals surface area contributed by atoms with Crippen LogP contribution in [0.4, 0.5) is 0 Å². The minimum Gasteiger partial charge on any atom is -0.343 e. The van der Waals surface area contributed by atoms with E-state index >= 15 is 0 Å². The molecule has 0 radical (unpaired) electrons. The lowest BCUT2D eigenvalue weighted by Gasteiger charge is -2.32. The zero-order valence-electron chi connectivity index (χ0n) is 16.1. The summed E-state index contributed by atoms with van der Waals surface area (Å²) in [6, 6.07) is 8.41. The van der Waals surface area contributed by atoms with Gasteiger partial charge in [-0.15, -0.1) is 5.10 Å². The molecule has 0 saturated carbocycles. The SMILES string of the molecule is Cc1ccccc1C(NC(=O)c1cn(C2CCNCC2)nn1)C(C)(C)C. The van der Waals surface area contributed by atoms with Crippen LogP contribution in [0.2, 0.25) is 0 Å². The molecule has 1 amide bonds. The van der Waals surface area contributed by atoms with Gasteiger partial charge < -0.3 is 10.6 Å². The van der Waals surface area contributed by atoms with Crippen LogP contribution >= 0.6 is 0 Å². The van der Waals surface area contributed by atoms with Crippen molar-refractivity contribution in [2.75, 3.05) is 13.1 Å². The first-order valence-corrected chi connectivity index (χ1v) is 9.35. The van der Waals surface area contributed by atoms with Gasteiger partial charge in [0.05, 0.1) is 18.3 Å². The second-order valence-corrected chi connectivity index (χ2v) is 8.19. The zero-order chi connectivity index (χ0) is 18.7. The molecule has 1 aliphatic rings. The lowest BCUT2D eigenvalue weighted by molar-refractivity contribution is 0.0896. The first kappa shape index (κ1) is 18.6. The highest BCUT2D eigenvalue weighted by Gasteiger charge is 2.30. The number of aryl methyl sites for hydroxylation is 1. The molecule has 1 unspecified atom stereocenters. The number of hydrogen-bond acceptors (Lipinski definition) is 4. The predicted molar refractivity (Wildman–Crippen MR) is 102 cm³/mol. The maximum Gasteiger partial charge on any atom is 0.273 e. The minimum absolute atomic E-state index is 0.0970. The smallest absolute Gasteiger partial charge is 0.273 e. The van der Waals surface area contributed by atoms with Crippen LogP contribution in [0.25, 0.3) is 0 Å². The molecule has 0 aliphatic carbocycles. The maximum atomic E-state index is 12.8. The fraction of sp³-hybridized carbons (Fsp3) is 0.550. The van der Waals surface area contributed by atoms with E-state index in [1.165, 1.54) is 5.56 Å². The molecule has 6 heteroatoms. The molecule has 1 aromatic heterocycles. The number of carbonyl (C=O) groups is 1. The summed E-state index contributed by atoms with van der Waals surface area (Å²) in [4.78, 5) is 12.8. The number of hydrogen-bond donors (Lipinski definition) is 2. The van der Waals surface area contributed by atoms with Gasteiger partial charge in [-0.3, -0.25) is 4.79 Å². The molecule has 2 heterocycles. The minimum atomic E-state index is -0.173. The molecule has 0 spiro atoms. The van der Waals surface area contributed by atoms with Crippen LogP contribution in [0, 0.1) is 12.3 Å². The molecule has 0 bridgehead atoms. The highest BCUT2D eigenvalue weighted by atomic mass is 16.2. The Morgan fingerprint density at radius 3 is 2.62 bits per heavy atom. The molecule has 2 N–H and O–H groups in total. The van der Waals surface area contributed by atoms with E-state index in [0.29, 0.717) is 11.7 Å². The molecule has 140 valence electrons. The summed E-state index contributed by atoms with van der Waals surface area (Å²) in [5.41, 5.74) is 2.57. The molecule has 2 aromatic rings. The zero-order valence-corrected chi connectivity index (χ0v) is 16.1. The van der Waals surface area contributed by atoms with Crippen molar-refractivity contribution in [1.82, 2.24) is 25.6 Å². The van der Waals surface area contributed by atoms with E-state index in [4.69, 9.17) is 0 Å². The van der Waals surface area contributed by atoms with Crippen LogP contribution in [-0.4, -0.2) is 34.0 Å². The van der Waals surface area contributed by atoms with Crippen molar-refractivity contribution >= 4 is 5.91 Å². The summed E-state index contributed by atoms with van der Waals surface area (Å²) < 4.78 is 1.84. The van der Waals surface area contributed by atoms with Crippen molar-refractivity contribution in [2.24, 2.45) is 5.41 Å². The molecule has 1 saturated heterocycles. The van der Waals surface area contributed by atoms with E-state index < -0.39 is 0 Å². The summed E-state index contributed by atoms with van der Waals surface area (Å²) in [5.74, 6) is -0.173. The third kappa shape index (κ3) is 4.12. The molecule has 1 atom stereocenters. The van der Waals surface area contributed by atoms with Gasteiger partial charge in [-0.25, -0.2) is 4.68 Å². The van der Waals surface area contributed by atoms with E-state index in [2.05, 4.69) is 60.8 Å². The number of nitrogens with one attached hydrogen (secondary N) is 2.